The maximum atomic E-state index is 13.6. The molecule has 0 aromatic heterocycles. The number of hydrogen-bond donors (Lipinski definition) is 0. The van der Waals surface area contributed by atoms with Crippen molar-refractivity contribution in [2.45, 2.75) is 38.1 Å². The molecule has 1 unspecified atom stereocenters. The van der Waals surface area contributed by atoms with Gasteiger partial charge in [-0.3, -0.25) is 14.4 Å². The molecule has 2 heterocycles. The van der Waals surface area contributed by atoms with E-state index in [4.69, 9.17) is 14.4 Å². The van der Waals surface area contributed by atoms with Gasteiger partial charge >= 0.3 is 0 Å². The normalized spacial score (nSPS) is 22.8. The standard InChI is InChI=1S/C20H28N2O5/c1-14-6-5-7-15(2)16(14)17-18(23)20(8-10-21(26-4)11-9-20)22(19(17)24)27-13-12-25-3/h5-7,17H,8-13H2,1-4H3. The average Bonchev–Trinajstić information content (AvgIpc) is 2.85. The van der Waals surface area contributed by atoms with Gasteiger partial charge in [-0.1, -0.05) is 18.2 Å². The summed E-state index contributed by atoms with van der Waals surface area (Å²) in [7, 11) is 3.19. The Hall–Kier alpha value is -1.80. The van der Waals surface area contributed by atoms with Gasteiger partial charge in [-0.2, -0.15) is 5.06 Å². The maximum absolute atomic E-state index is 13.6. The van der Waals surface area contributed by atoms with Crippen molar-refractivity contribution in [1.29, 1.82) is 0 Å². The predicted molar refractivity (Wildman–Crippen MR) is 98.9 cm³/mol. The number of carbonyl (C=O) groups is 2. The van der Waals surface area contributed by atoms with Crippen molar-refractivity contribution in [2.24, 2.45) is 0 Å². The highest BCUT2D eigenvalue weighted by Gasteiger charge is 2.61. The Balaban J connectivity index is 1.98. The molecule has 27 heavy (non-hydrogen) atoms. The number of rotatable bonds is 6. The van der Waals surface area contributed by atoms with E-state index in [1.807, 2.05) is 37.1 Å². The van der Waals surface area contributed by atoms with Gasteiger partial charge in [-0.05, 0) is 43.4 Å². The SMILES string of the molecule is COCCON1C(=O)C(c2c(C)cccc2C)C(=O)C12CCN(OC)CC2. The number of methoxy groups -OCH3 is 1. The summed E-state index contributed by atoms with van der Waals surface area (Å²) < 4.78 is 5.05. The summed E-state index contributed by atoms with van der Waals surface area (Å²) in [6.07, 6.45) is 0.972. The first-order valence-corrected chi connectivity index (χ1v) is 9.31. The van der Waals surface area contributed by atoms with Crippen molar-refractivity contribution >= 4 is 11.7 Å². The number of nitrogens with zero attached hydrogens (tertiary/aromatic N) is 2. The molecule has 3 rings (SSSR count). The fourth-order valence-corrected chi connectivity index (χ4v) is 4.23. The lowest BCUT2D eigenvalue weighted by Gasteiger charge is -2.41. The third kappa shape index (κ3) is 3.40. The van der Waals surface area contributed by atoms with Crippen LogP contribution in [0.4, 0.5) is 0 Å². The summed E-state index contributed by atoms with van der Waals surface area (Å²) in [5.41, 5.74) is 1.76. The molecule has 0 radical (unpaired) electrons. The number of ketones is 1. The van der Waals surface area contributed by atoms with E-state index in [2.05, 4.69) is 0 Å². The summed E-state index contributed by atoms with van der Waals surface area (Å²) >= 11 is 0. The number of aryl methyl sites for hydroxylation is 2. The minimum atomic E-state index is -0.945. The Labute approximate surface area is 160 Å². The average molecular weight is 376 g/mol. The summed E-state index contributed by atoms with van der Waals surface area (Å²) in [4.78, 5) is 38.0. The third-order valence-corrected chi connectivity index (χ3v) is 5.70. The molecule has 1 aromatic carbocycles. The maximum Gasteiger partial charge on any atom is 0.262 e. The van der Waals surface area contributed by atoms with Gasteiger partial charge < -0.3 is 9.57 Å². The van der Waals surface area contributed by atoms with Crippen molar-refractivity contribution in [3.63, 3.8) is 0 Å². The molecule has 148 valence electrons. The van der Waals surface area contributed by atoms with Crippen LogP contribution in [-0.2, 0) is 24.0 Å². The van der Waals surface area contributed by atoms with Crippen molar-refractivity contribution in [3.8, 4) is 0 Å². The molecule has 1 spiro atoms. The summed E-state index contributed by atoms with van der Waals surface area (Å²) in [5.74, 6) is -1.17. The lowest BCUT2D eigenvalue weighted by Crippen LogP contribution is -2.56. The van der Waals surface area contributed by atoms with Crippen molar-refractivity contribution in [2.75, 3.05) is 40.5 Å². The van der Waals surface area contributed by atoms with Gasteiger partial charge in [0.15, 0.2) is 5.78 Å². The lowest BCUT2D eigenvalue weighted by atomic mass is 9.79. The van der Waals surface area contributed by atoms with Gasteiger partial charge in [0.2, 0.25) is 0 Å². The third-order valence-electron chi connectivity index (χ3n) is 5.70. The molecule has 1 amide bonds. The minimum absolute atomic E-state index is 0.0712. The molecule has 0 bridgehead atoms. The lowest BCUT2D eigenvalue weighted by molar-refractivity contribution is -0.232. The zero-order valence-corrected chi connectivity index (χ0v) is 16.5. The van der Waals surface area contributed by atoms with Crippen LogP contribution >= 0.6 is 0 Å². The first-order valence-electron chi connectivity index (χ1n) is 9.31. The Morgan fingerprint density at radius 1 is 1.07 bits per heavy atom. The molecule has 1 atom stereocenters. The number of amides is 1. The van der Waals surface area contributed by atoms with E-state index < -0.39 is 11.5 Å². The van der Waals surface area contributed by atoms with Crippen LogP contribution in [0.3, 0.4) is 0 Å². The van der Waals surface area contributed by atoms with E-state index in [0.29, 0.717) is 32.5 Å². The zero-order valence-electron chi connectivity index (χ0n) is 16.5. The molecule has 2 fully saturated rings. The molecule has 0 aliphatic carbocycles. The molecule has 7 nitrogen and oxygen atoms in total. The Bertz CT molecular complexity index is 692. The van der Waals surface area contributed by atoms with Crippen LogP contribution in [0.2, 0.25) is 0 Å². The number of carbonyl (C=O) groups excluding carboxylic acids is 2. The molecular formula is C20H28N2O5. The Morgan fingerprint density at radius 2 is 1.70 bits per heavy atom. The predicted octanol–water partition coefficient (Wildman–Crippen LogP) is 1.77. The molecule has 2 aliphatic heterocycles. The van der Waals surface area contributed by atoms with E-state index in [0.717, 1.165) is 16.7 Å². The smallest absolute Gasteiger partial charge is 0.262 e. The fraction of sp³-hybridized carbons (Fsp3) is 0.600. The van der Waals surface area contributed by atoms with Crippen LogP contribution in [0.15, 0.2) is 18.2 Å². The Morgan fingerprint density at radius 3 is 2.26 bits per heavy atom. The van der Waals surface area contributed by atoms with Gasteiger partial charge in [0.1, 0.15) is 11.5 Å². The highest BCUT2D eigenvalue weighted by molar-refractivity contribution is 6.17. The Kier molecular flexibility index (Phi) is 5.95. The van der Waals surface area contributed by atoms with Crippen molar-refractivity contribution in [3.05, 3.63) is 34.9 Å². The van der Waals surface area contributed by atoms with Gasteiger partial charge in [-0.25, -0.2) is 5.06 Å². The van der Waals surface area contributed by atoms with Crippen LogP contribution in [0, 0.1) is 13.8 Å². The van der Waals surface area contributed by atoms with Crippen LogP contribution in [0.25, 0.3) is 0 Å². The van der Waals surface area contributed by atoms with Gasteiger partial charge in [-0.15, -0.1) is 0 Å². The number of benzene rings is 1. The first-order chi connectivity index (χ1) is 13.0. The number of hydroxylamine groups is 4. The molecule has 2 saturated heterocycles. The number of piperidine rings is 1. The second-order valence-corrected chi connectivity index (χ2v) is 7.20. The van der Waals surface area contributed by atoms with E-state index in [9.17, 15) is 9.59 Å². The zero-order chi connectivity index (χ0) is 19.6. The second kappa shape index (κ2) is 8.06. The van der Waals surface area contributed by atoms with E-state index in [1.54, 1.807) is 14.2 Å². The molecular weight excluding hydrogens is 348 g/mol. The highest BCUT2D eigenvalue weighted by atomic mass is 16.7. The monoisotopic (exact) mass is 376 g/mol. The minimum Gasteiger partial charge on any atom is -0.382 e. The van der Waals surface area contributed by atoms with Crippen LogP contribution in [0.1, 0.15) is 35.4 Å². The van der Waals surface area contributed by atoms with Gasteiger partial charge in [0, 0.05) is 20.2 Å². The van der Waals surface area contributed by atoms with E-state index >= 15 is 0 Å². The molecule has 1 aromatic rings. The second-order valence-electron chi connectivity index (χ2n) is 7.20. The molecule has 7 heteroatoms. The van der Waals surface area contributed by atoms with Gasteiger partial charge in [0.05, 0.1) is 20.3 Å². The molecule has 2 aliphatic rings. The van der Waals surface area contributed by atoms with Crippen molar-refractivity contribution in [1.82, 2.24) is 10.1 Å². The van der Waals surface area contributed by atoms with Gasteiger partial charge in [0.25, 0.3) is 5.91 Å². The van der Waals surface area contributed by atoms with Crippen LogP contribution in [0.5, 0.6) is 0 Å². The quantitative estimate of drug-likeness (QED) is 0.557. The van der Waals surface area contributed by atoms with E-state index in [1.165, 1.54) is 5.06 Å². The topological polar surface area (TPSA) is 68.3 Å². The highest BCUT2D eigenvalue weighted by Crippen LogP contribution is 2.44. The molecule has 0 saturated carbocycles. The van der Waals surface area contributed by atoms with E-state index in [-0.39, 0.29) is 18.3 Å². The molecule has 0 N–H and O–H groups in total. The summed E-state index contributed by atoms with van der Waals surface area (Å²) in [6.45, 7) is 5.60. The fourth-order valence-electron chi connectivity index (χ4n) is 4.23. The number of Topliss-reactive ketones (excluding diaryl/α,β-unsaturated/α-hetero) is 1. The summed E-state index contributed by atoms with van der Waals surface area (Å²) in [5, 5.41) is 3.15. The van der Waals surface area contributed by atoms with Crippen LogP contribution in [-0.4, -0.2) is 67.9 Å². The largest absolute Gasteiger partial charge is 0.382 e. The van der Waals surface area contributed by atoms with Crippen molar-refractivity contribution < 1.29 is 24.0 Å². The van der Waals surface area contributed by atoms with Crippen LogP contribution < -0.4 is 0 Å². The first kappa shape index (κ1) is 19.9. The number of ether oxygens (including phenoxy) is 1. The summed E-state index contributed by atoms with van der Waals surface area (Å²) in [6, 6.07) is 5.83. The number of hydrogen-bond acceptors (Lipinski definition) is 6.